The van der Waals surface area contributed by atoms with Crippen molar-refractivity contribution in [3.8, 4) is 5.75 Å². The van der Waals surface area contributed by atoms with Gasteiger partial charge in [-0.15, -0.1) is 0 Å². The minimum Gasteiger partial charge on any atom is -0.497 e. The van der Waals surface area contributed by atoms with E-state index in [4.69, 9.17) is 10.5 Å². The summed E-state index contributed by atoms with van der Waals surface area (Å²) in [7, 11) is 1.57. The number of methoxy groups -OCH3 is 1. The van der Waals surface area contributed by atoms with Crippen LogP contribution >= 0.6 is 0 Å². The number of amides is 2. The summed E-state index contributed by atoms with van der Waals surface area (Å²) < 4.78 is 5.37. The number of hydrogen-bond acceptors (Lipinski definition) is 7. The van der Waals surface area contributed by atoms with Crippen molar-refractivity contribution in [2.24, 2.45) is 5.73 Å². The lowest BCUT2D eigenvalue weighted by molar-refractivity contribution is -0.109. The first-order valence-electron chi connectivity index (χ1n) is 9.48. The number of anilines is 3. The average molecular weight is 400 g/mol. The van der Waals surface area contributed by atoms with Crippen LogP contribution < -0.4 is 26.0 Å². The van der Waals surface area contributed by atoms with Gasteiger partial charge in [0.05, 0.1) is 12.8 Å². The number of nitrogens with zero attached hydrogens (tertiary/aromatic N) is 3. The minimum absolute atomic E-state index is 0.0744. The molecule has 1 aromatic carbocycles. The van der Waals surface area contributed by atoms with Crippen LogP contribution in [0, 0.1) is 6.92 Å². The SMILES string of the molecule is CCN(CC)c1nc(Nc2cc(CCNC=O)cc(OC)c2)c(C(N)=O)nc1C. The number of carbonyl (C=O) groups excluding carboxylic acids is 2. The Labute approximate surface area is 170 Å². The Kier molecular flexibility index (Phi) is 7.76. The van der Waals surface area contributed by atoms with Gasteiger partial charge in [0.2, 0.25) is 6.41 Å². The number of benzene rings is 1. The molecule has 2 amide bonds. The average Bonchev–Trinajstić information content (AvgIpc) is 2.70. The fourth-order valence-corrected chi connectivity index (χ4v) is 3.00. The molecule has 0 aliphatic rings. The number of hydrogen-bond donors (Lipinski definition) is 3. The number of rotatable bonds is 11. The molecule has 2 aromatic rings. The molecule has 0 saturated carbocycles. The molecule has 4 N–H and O–H groups in total. The summed E-state index contributed by atoms with van der Waals surface area (Å²) in [5.74, 6) is 0.962. The third-order valence-corrected chi connectivity index (χ3v) is 4.45. The molecule has 0 spiro atoms. The molecule has 0 saturated heterocycles. The van der Waals surface area contributed by atoms with Gasteiger partial charge in [-0.1, -0.05) is 0 Å². The van der Waals surface area contributed by atoms with E-state index in [0.717, 1.165) is 18.7 Å². The highest BCUT2D eigenvalue weighted by Crippen LogP contribution is 2.27. The van der Waals surface area contributed by atoms with Crippen LogP contribution in [0.15, 0.2) is 18.2 Å². The molecular weight excluding hydrogens is 372 g/mol. The summed E-state index contributed by atoms with van der Waals surface area (Å²) >= 11 is 0. The van der Waals surface area contributed by atoms with Crippen molar-refractivity contribution in [2.45, 2.75) is 27.2 Å². The van der Waals surface area contributed by atoms with Crippen molar-refractivity contribution in [1.29, 1.82) is 0 Å². The van der Waals surface area contributed by atoms with Crippen LogP contribution in [-0.2, 0) is 11.2 Å². The van der Waals surface area contributed by atoms with Crippen LogP contribution in [0.2, 0.25) is 0 Å². The van der Waals surface area contributed by atoms with E-state index in [9.17, 15) is 9.59 Å². The van der Waals surface area contributed by atoms with Crippen molar-refractivity contribution in [2.75, 3.05) is 37.0 Å². The Hall–Kier alpha value is -3.36. The summed E-state index contributed by atoms with van der Waals surface area (Å²) in [6, 6.07) is 5.58. The van der Waals surface area contributed by atoms with E-state index >= 15 is 0 Å². The van der Waals surface area contributed by atoms with E-state index in [1.54, 1.807) is 20.1 Å². The van der Waals surface area contributed by atoms with E-state index in [2.05, 4.69) is 25.5 Å². The first-order valence-corrected chi connectivity index (χ1v) is 9.48. The lowest BCUT2D eigenvalue weighted by atomic mass is 10.1. The topological polar surface area (TPSA) is 122 Å². The van der Waals surface area contributed by atoms with Crippen LogP contribution in [0.5, 0.6) is 5.75 Å². The molecule has 0 aliphatic carbocycles. The van der Waals surface area contributed by atoms with Crippen LogP contribution in [0.4, 0.5) is 17.3 Å². The maximum Gasteiger partial charge on any atom is 0.271 e. The highest BCUT2D eigenvalue weighted by Gasteiger charge is 2.18. The zero-order valence-corrected chi connectivity index (χ0v) is 17.3. The summed E-state index contributed by atoms with van der Waals surface area (Å²) in [5.41, 5.74) is 7.87. The third-order valence-electron chi connectivity index (χ3n) is 4.45. The van der Waals surface area contributed by atoms with Crippen molar-refractivity contribution in [1.82, 2.24) is 15.3 Å². The summed E-state index contributed by atoms with van der Waals surface area (Å²) in [4.78, 5) is 33.5. The number of nitrogens with one attached hydrogen (secondary N) is 2. The van der Waals surface area contributed by atoms with Gasteiger partial charge >= 0.3 is 0 Å². The van der Waals surface area contributed by atoms with Gasteiger partial charge in [0.15, 0.2) is 17.3 Å². The molecule has 0 fully saturated rings. The van der Waals surface area contributed by atoms with E-state index < -0.39 is 5.91 Å². The lowest BCUT2D eigenvalue weighted by Crippen LogP contribution is -2.26. The van der Waals surface area contributed by atoms with Crippen molar-refractivity contribution in [3.63, 3.8) is 0 Å². The van der Waals surface area contributed by atoms with Crippen molar-refractivity contribution >= 4 is 29.6 Å². The largest absolute Gasteiger partial charge is 0.497 e. The molecular formula is C20H28N6O3. The number of aromatic nitrogens is 2. The van der Waals surface area contributed by atoms with Crippen LogP contribution in [0.1, 0.15) is 35.6 Å². The van der Waals surface area contributed by atoms with E-state index in [1.807, 2.05) is 26.0 Å². The van der Waals surface area contributed by atoms with Crippen molar-refractivity contribution in [3.05, 3.63) is 35.2 Å². The lowest BCUT2D eigenvalue weighted by Gasteiger charge is -2.23. The van der Waals surface area contributed by atoms with Gasteiger partial charge < -0.3 is 26.0 Å². The maximum atomic E-state index is 11.9. The minimum atomic E-state index is -0.660. The Balaban J connectivity index is 2.45. The summed E-state index contributed by atoms with van der Waals surface area (Å²) in [6.07, 6.45) is 1.28. The smallest absolute Gasteiger partial charge is 0.271 e. The molecule has 9 heteroatoms. The standard InChI is InChI=1S/C20H28N6O3/c1-5-26(6-2)20-13(3)23-17(18(21)28)19(25-20)24-15-9-14(7-8-22-12-27)10-16(11-15)29-4/h9-12H,5-8H2,1-4H3,(H2,21,28)(H,22,27)(H,24,25). The van der Waals surface area contributed by atoms with Crippen molar-refractivity contribution < 1.29 is 14.3 Å². The second-order valence-corrected chi connectivity index (χ2v) is 6.38. The Morgan fingerprint density at radius 3 is 2.55 bits per heavy atom. The zero-order chi connectivity index (χ0) is 21.4. The van der Waals surface area contributed by atoms with Crippen LogP contribution in [0.25, 0.3) is 0 Å². The first-order chi connectivity index (χ1) is 13.9. The van der Waals surface area contributed by atoms with Gasteiger partial charge in [0, 0.05) is 31.4 Å². The summed E-state index contributed by atoms with van der Waals surface area (Å²) in [6.45, 7) is 7.88. The molecule has 0 radical (unpaired) electrons. The quantitative estimate of drug-likeness (QED) is 0.388. The monoisotopic (exact) mass is 400 g/mol. The van der Waals surface area contributed by atoms with Gasteiger partial charge in [0.25, 0.3) is 5.91 Å². The Bertz CT molecular complexity index is 868. The molecule has 0 bridgehead atoms. The molecule has 1 aromatic heterocycles. The van der Waals surface area contributed by atoms with Crippen LogP contribution in [0.3, 0.4) is 0 Å². The fraction of sp³-hybridized carbons (Fsp3) is 0.400. The summed E-state index contributed by atoms with van der Waals surface area (Å²) in [5, 5.41) is 5.79. The molecule has 0 unspecified atom stereocenters. The molecule has 156 valence electrons. The van der Waals surface area contributed by atoms with E-state index in [-0.39, 0.29) is 11.5 Å². The van der Waals surface area contributed by atoms with Gasteiger partial charge in [-0.25, -0.2) is 9.97 Å². The predicted molar refractivity (Wildman–Crippen MR) is 113 cm³/mol. The highest BCUT2D eigenvalue weighted by atomic mass is 16.5. The Morgan fingerprint density at radius 1 is 1.24 bits per heavy atom. The molecule has 1 heterocycles. The van der Waals surface area contributed by atoms with Gasteiger partial charge in [-0.3, -0.25) is 9.59 Å². The number of ether oxygens (including phenoxy) is 1. The molecule has 29 heavy (non-hydrogen) atoms. The molecule has 2 rings (SSSR count). The zero-order valence-electron chi connectivity index (χ0n) is 17.3. The number of nitrogens with two attached hydrogens (primary N) is 1. The van der Waals surface area contributed by atoms with Gasteiger partial charge in [0.1, 0.15) is 5.75 Å². The second-order valence-electron chi connectivity index (χ2n) is 6.38. The van der Waals surface area contributed by atoms with E-state index in [0.29, 0.717) is 42.3 Å². The number of carbonyl (C=O) groups is 2. The normalized spacial score (nSPS) is 10.3. The van der Waals surface area contributed by atoms with Gasteiger partial charge in [-0.2, -0.15) is 0 Å². The molecule has 9 nitrogen and oxygen atoms in total. The first kappa shape index (κ1) is 21.9. The highest BCUT2D eigenvalue weighted by molar-refractivity contribution is 5.96. The molecule has 0 atom stereocenters. The maximum absolute atomic E-state index is 11.9. The molecule has 0 aliphatic heterocycles. The predicted octanol–water partition coefficient (Wildman–Crippen LogP) is 1.77. The second kappa shape index (κ2) is 10.3. The van der Waals surface area contributed by atoms with Gasteiger partial charge in [-0.05, 0) is 44.9 Å². The Morgan fingerprint density at radius 2 is 1.97 bits per heavy atom. The van der Waals surface area contributed by atoms with E-state index in [1.165, 1.54) is 0 Å². The van der Waals surface area contributed by atoms with Crippen LogP contribution in [-0.4, -0.2) is 49.0 Å². The fourth-order valence-electron chi connectivity index (χ4n) is 3.00. The third kappa shape index (κ3) is 5.56. The number of primary amides is 1. The number of aryl methyl sites for hydroxylation is 1.